The fourth-order valence-corrected chi connectivity index (χ4v) is 3.10. The van der Waals surface area contributed by atoms with E-state index in [2.05, 4.69) is 0 Å². The Bertz CT molecular complexity index is 155. The molecule has 2 heteroatoms. The molecular weight excluding hydrogens is 298 g/mol. The van der Waals surface area contributed by atoms with Crippen LogP contribution in [0.4, 0.5) is 0 Å². The van der Waals surface area contributed by atoms with Crippen LogP contribution in [0.2, 0.25) is 3.12 Å². The van der Waals surface area contributed by atoms with Crippen molar-refractivity contribution < 1.29 is 29.5 Å². The zero-order valence-electron chi connectivity index (χ0n) is 4.48. The summed E-state index contributed by atoms with van der Waals surface area (Å²) in [6.07, 6.45) is 3.14. The molecule has 2 unspecified atom stereocenters. The van der Waals surface area contributed by atoms with E-state index in [1.165, 1.54) is 6.42 Å². The fourth-order valence-electron chi connectivity index (χ4n) is 1.50. The maximum atomic E-state index is 10.7. The summed E-state index contributed by atoms with van der Waals surface area (Å²) in [5.41, 5.74) is 0. The van der Waals surface area contributed by atoms with Gasteiger partial charge in [0.2, 0.25) is 0 Å². The third-order valence-electron chi connectivity index (χ3n) is 2.12. The fraction of sp³-hybridized carbons (Fsp3) is 0.833. The molecule has 2 saturated carbocycles. The molecule has 0 radical (unpaired) electrons. The molecule has 0 aromatic rings. The van der Waals surface area contributed by atoms with Gasteiger partial charge in [0.1, 0.15) is 0 Å². The van der Waals surface area contributed by atoms with Gasteiger partial charge in [-0.3, -0.25) is 0 Å². The minimum absolute atomic E-state index is 0.503. The molecule has 2 aliphatic carbocycles. The molecule has 2 rings (SSSR count). The van der Waals surface area contributed by atoms with E-state index in [0.29, 0.717) is 8.91 Å². The Balaban J connectivity index is 2.21. The number of rotatable bonds is 0. The van der Waals surface area contributed by atoms with Gasteiger partial charge in [-0.2, -0.15) is 0 Å². The molecule has 0 bridgehead atoms. The van der Waals surface area contributed by atoms with Crippen molar-refractivity contribution in [3.8, 4) is 0 Å². The number of carbonyl (C=O) groups excluding carboxylic acids is 1. The van der Waals surface area contributed by atoms with Crippen molar-refractivity contribution in [2.75, 3.05) is 0 Å². The molecule has 2 atom stereocenters. The van der Waals surface area contributed by atoms with E-state index in [1.54, 1.807) is 0 Å². The molecule has 0 aromatic heterocycles. The first-order valence-electron chi connectivity index (χ1n) is 2.91. The van der Waals surface area contributed by atoms with Gasteiger partial charge in [0.25, 0.3) is 0 Å². The molecule has 1 nitrogen and oxygen atoms in total. The van der Waals surface area contributed by atoms with Crippen LogP contribution in [0.15, 0.2) is 0 Å². The van der Waals surface area contributed by atoms with Crippen LogP contribution < -0.4 is 0 Å². The summed E-state index contributed by atoms with van der Waals surface area (Å²) in [4.78, 5) is 10.7. The normalized spacial score (nSPS) is 51.6. The molecule has 0 heterocycles. The summed E-state index contributed by atoms with van der Waals surface area (Å²) in [5.74, 6) is 1.32. The zero-order chi connectivity index (χ0) is 5.78. The van der Waals surface area contributed by atoms with Gasteiger partial charge in [0.15, 0.2) is 0 Å². The van der Waals surface area contributed by atoms with Crippen LogP contribution in [0.1, 0.15) is 19.3 Å². The van der Waals surface area contributed by atoms with Gasteiger partial charge in [-0.05, 0) is 0 Å². The standard InChI is InChI=1S/C6H7AtO/c7-6-2-4(6)1-5(8)3-6/h4H,1-3H2. The SMILES string of the molecule is O=C1CC2CC2([At])C1. The first-order chi connectivity index (χ1) is 3.71. The summed E-state index contributed by atoms with van der Waals surface area (Å²) in [5, 5.41) is 0. The van der Waals surface area contributed by atoms with Crippen LogP contribution in [0.3, 0.4) is 0 Å². The van der Waals surface area contributed by atoms with Crippen molar-refractivity contribution in [1.82, 2.24) is 0 Å². The van der Waals surface area contributed by atoms with E-state index in [-0.39, 0.29) is 0 Å². The van der Waals surface area contributed by atoms with Gasteiger partial charge in [-0.15, -0.1) is 0 Å². The average molecular weight is 305 g/mol. The molecule has 2 fully saturated rings. The third kappa shape index (κ3) is 0.587. The van der Waals surface area contributed by atoms with Crippen LogP contribution in [0.5, 0.6) is 0 Å². The number of hydrogen-bond donors (Lipinski definition) is 0. The summed E-state index contributed by atoms with van der Waals surface area (Å²) in [7, 11) is 0. The zero-order valence-corrected chi connectivity index (χ0v) is 7.42. The Morgan fingerprint density at radius 1 is 1.75 bits per heavy atom. The summed E-state index contributed by atoms with van der Waals surface area (Å²) in [6, 6.07) is 0. The van der Waals surface area contributed by atoms with Crippen molar-refractivity contribution >= 4 is 5.78 Å². The number of ketones is 1. The van der Waals surface area contributed by atoms with Gasteiger partial charge in [0, 0.05) is 0 Å². The molecular formula is C6H7AtO. The molecule has 0 spiro atoms. The Hall–Kier alpha value is 0.553. The molecule has 0 aromatic carbocycles. The van der Waals surface area contributed by atoms with Crippen molar-refractivity contribution in [2.45, 2.75) is 22.4 Å². The van der Waals surface area contributed by atoms with Crippen LogP contribution >= 0.6 is 0 Å². The molecule has 0 saturated heterocycles. The second-order valence-electron chi connectivity index (χ2n) is 2.86. The van der Waals surface area contributed by atoms with E-state index in [4.69, 9.17) is 0 Å². The van der Waals surface area contributed by atoms with Crippen molar-refractivity contribution in [3.63, 3.8) is 0 Å². The average Bonchev–Trinajstić information content (AvgIpc) is 2.07. The predicted octanol–water partition coefficient (Wildman–Crippen LogP) is 1.08. The Morgan fingerprint density at radius 3 is 2.75 bits per heavy atom. The first kappa shape index (κ1) is 5.35. The van der Waals surface area contributed by atoms with E-state index >= 15 is 0 Å². The van der Waals surface area contributed by atoms with Gasteiger partial charge < -0.3 is 0 Å². The summed E-state index contributed by atoms with van der Waals surface area (Å²) in [6.45, 7) is 0. The first-order valence-corrected chi connectivity index (χ1v) is 4.38. The quantitative estimate of drug-likeness (QED) is 0.654. The van der Waals surface area contributed by atoms with E-state index in [9.17, 15) is 4.79 Å². The molecule has 0 amide bonds. The monoisotopic (exact) mass is 305 g/mol. The molecule has 0 N–H and O–H groups in total. The number of carbonyl (C=O) groups is 1. The van der Waals surface area contributed by atoms with E-state index < -0.39 is 0 Å². The van der Waals surface area contributed by atoms with E-state index in [0.717, 1.165) is 18.8 Å². The van der Waals surface area contributed by atoms with Crippen molar-refractivity contribution in [1.29, 1.82) is 0 Å². The number of fused-ring (bicyclic) bond motifs is 1. The number of hydrogen-bond acceptors (Lipinski definition) is 1. The summed E-state index contributed by atoms with van der Waals surface area (Å²) < 4.78 is 0.539. The topological polar surface area (TPSA) is 17.1 Å². The summed E-state index contributed by atoms with van der Waals surface area (Å²) >= 11 is 1.84. The predicted molar refractivity (Wildman–Crippen MR) is 25.0 cm³/mol. The molecule has 0 aliphatic heterocycles. The molecule has 8 heavy (non-hydrogen) atoms. The van der Waals surface area contributed by atoms with Crippen LogP contribution in [0.25, 0.3) is 0 Å². The van der Waals surface area contributed by atoms with Crippen LogP contribution in [0, 0.1) is 30.6 Å². The minimum atomic E-state index is 0.503. The third-order valence-corrected chi connectivity index (χ3v) is 4.44. The Kier molecular flexibility index (Phi) is 0.896. The maximum absolute atomic E-state index is 10.7. The van der Waals surface area contributed by atoms with Crippen molar-refractivity contribution in [2.24, 2.45) is 5.92 Å². The van der Waals surface area contributed by atoms with Gasteiger partial charge in [0.05, 0.1) is 0 Å². The van der Waals surface area contributed by atoms with Crippen LogP contribution in [-0.4, -0.2) is 5.78 Å². The van der Waals surface area contributed by atoms with Gasteiger partial charge in [-0.1, -0.05) is 0 Å². The number of Topliss-reactive ketones (excluding diaryl/α,β-unsaturated/α-hetero) is 1. The molecule has 44 valence electrons. The molecule has 2 aliphatic rings. The second kappa shape index (κ2) is 1.34. The van der Waals surface area contributed by atoms with Gasteiger partial charge in [-0.25, -0.2) is 0 Å². The second-order valence-corrected chi connectivity index (χ2v) is 5.78. The van der Waals surface area contributed by atoms with Crippen molar-refractivity contribution in [3.05, 3.63) is 0 Å². The van der Waals surface area contributed by atoms with E-state index in [1.807, 2.05) is 24.7 Å². The van der Waals surface area contributed by atoms with Crippen LogP contribution in [-0.2, 0) is 4.79 Å². The van der Waals surface area contributed by atoms with Gasteiger partial charge >= 0.3 is 63.6 Å². The Labute approximate surface area is 63.7 Å². The Morgan fingerprint density at radius 2 is 2.50 bits per heavy atom.